The van der Waals surface area contributed by atoms with Gasteiger partial charge in [-0.05, 0) is 12.5 Å². The topological polar surface area (TPSA) is 20.2 Å². The Morgan fingerprint density at radius 2 is 2.25 bits per heavy atom. The molecule has 1 aromatic rings. The molecular formula is C10H11IO. The average Bonchev–Trinajstić information content (AvgIpc) is 2.08. The van der Waals surface area contributed by atoms with Crippen molar-refractivity contribution in [3.05, 3.63) is 42.0 Å². The lowest BCUT2D eigenvalue weighted by Gasteiger charge is -2.08. The second-order valence-electron chi connectivity index (χ2n) is 2.65. The first kappa shape index (κ1) is 9.58. The molecule has 1 atom stereocenters. The zero-order valence-corrected chi connectivity index (χ0v) is 9.08. The van der Waals surface area contributed by atoms with Crippen molar-refractivity contribution in [3.63, 3.8) is 0 Å². The van der Waals surface area contributed by atoms with Gasteiger partial charge >= 0.3 is 0 Å². The number of halogens is 1. The van der Waals surface area contributed by atoms with Gasteiger partial charge in [0.25, 0.3) is 0 Å². The minimum Gasteiger partial charge on any atom is -0.507 e. The molecule has 1 nitrogen and oxygen atoms in total. The summed E-state index contributed by atoms with van der Waals surface area (Å²) in [6, 6.07) is 5.76. The number of hydrogen-bond acceptors (Lipinski definition) is 1. The van der Waals surface area contributed by atoms with E-state index in [1.165, 1.54) is 0 Å². The van der Waals surface area contributed by atoms with E-state index in [1.54, 1.807) is 0 Å². The van der Waals surface area contributed by atoms with Crippen molar-refractivity contribution in [2.75, 3.05) is 0 Å². The lowest BCUT2D eigenvalue weighted by Crippen LogP contribution is -1.87. The molecule has 0 amide bonds. The molecule has 0 heterocycles. The van der Waals surface area contributed by atoms with Gasteiger partial charge in [0.2, 0.25) is 0 Å². The normalized spacial score (nSPS) is 12.5. The van der Waals surface area contributed by atoms with Crippen molar-refractivity contribution in [2.24, 2.45) is 0 Å². The van der Waals surface area contributed by atoms with Crippen LogP contribution in [-0.4, -0.2) is 5.11 Å². The molecule has 0 aliphatic carbocycles. The monoisotopic (exact) mass is 274 g/mol. The van der Waals surface area contributed by atoms with Crippen molar-refractivity contribution in [3.8, 4) is 5.75 Å². The highest BCUT2D eigenvalue weighted by molar-refractivity contribution is 14.1. The van der Waals surface area contributed by atoms with E-state index in [9.17, 15) is 5.11 Å². The Hall–Kier alpha value is -0.510. The molecule has 0 radical (unpaired) electrons. The van der Waals surface area contributed by atoms with Crippen LogP contribution in [0.15, 0.2) is 30.9 Å². The van der Waals surface area contributed by atoms with Gasteiger partial charge in [0.15, 0.2) is 0 Å². The molecule has 1 unspecified atom stereocenters. The second kappa shape index (κ2) is 3.94. The van der Waals surface area contributed by atoms with Crippen molar-refractivity contribution in [1.82, 2.24) is 0 Å². The highest BCUT2D eigenvalue weighted by Crippen LogP contribution is 2.33. The quantitative estimate of drug-likeness (QED) is 0.498. The summed E-state index contributed by atoms with van der Waals surface area (Å²) in [5.74, 6) is 0.386. The number of aryl methyl sites for hydroxylation is 1. The fourth-order valence-electron chi connectivity index (χ4n) is 1.03. The summed E-state index contributed by atoms with van der Waals surface area (Å²) < 4.78 is 0.183. The molecule has 0 saturated carbocycles. The minimum atomic E-state index is 0.183. The maximum Gasteiger partial charge on any atom is 0.123 e. The molecule has 0 fully saturated rings. The Morgan fingerprint density at radius 3 is 2.83 bits per heavy atom. The first-order chi connectivity index (χ1) is 5.66. The first-order valence-corrected chi connectivity index (χ1v) is 4.96. The van der Waals surface area contributed by atoms with E-state index in [1.807, 2.05) is 31.2 Å². The number of phenolic OH excluding ortho intramolecular Hbond substituents is 1. The van der Waals surface area contributed by atoms with Crippen LogP contribution in [0.1, 0.15) is 15.1 Å². The van der Waals surface area contributed by atoms with Crippen molar-refractivity contribution < 1.29 is 5.11 Å². The van der Waals surface area contributed by atoms with Gasteiger partial charge in [0.1, 0.15) is 5.75 Å². The molecule has 2 heteroatoms. The molecule has 1 rings (SSSR count). The molecule has 0 aromatic heterocycles. The van der Waals surface area contributed by atoms with E-state index in [0.29, 0.717) is 5.75 Å². The van der Waals surface area contributed by atoms with Crippen LogP contribution in [0.4, 0.5) is 0 Å². The van der Waals surface area contributed by atoms with Crippen molar-refractivity contribution >= 4 is 22.6 Å². The summed E-state index contributed by atoms with van der Waals surface area (Å²) in [5, 5.41) is 9.65. The lowest BCUT2D eigenvalue weighted by atomic mass is 10.1. The number of phenols is 1. The van der Waals surface area contributed by atoms with Crippen LogP contribution < -0.4 is 0 Å². The van der Waals surface area contributed by atoms with Gasteiger partial charge in [-0.3, -0.25) is 0 Å². The van der Waals surface area contributed by atoms with E-state index in [2.05, 4.69) is 29.2 Å². The molecule has 0 aliphatic heterocycles. The number of para-hydroxylation sites is 1. The predicted molar refractivity (Wildman–Crippen MR) is 59.8 cm³/mol. The molecule has 0 saturated heterocycles. The highest BCUT2D eigenvalue weighted by Gasteiger charge is 2.08. The SMILES string of the molecule is C=CC(I)c1cccc(C)c1O. The highest BCUT2D eigenvalue weighted by atomic mass is 127. The standard InChI is InChI=1S/C10H11IO/c1-3-9(11)8-6-4-5-7(2)10(8)12/h3-6,9,12H,1H2,2H3. The van der Waals surface area contributed by atoms with Gasteiger partial charge in [0, 0.05) is 5.56 Å². The molecule has 0 aliphatic rings. The molecule has 1 N–H and O–H groups in total. The van der Waals surface area contributed by atoms with Gasteiger partial charge in [0.05, 0.1) is 3.92 Å². The number of rotatable bonds is 2. The fraction of sp³-hybridized carbons (Fsp3) is 0.200. The van der Waals surface area contributed by atoms with Crippen LogP contribution in [0.5, 0.6) is 5.75 Å². The molecule has 12 heavy (non-hydrogen) atoms. The van der Waals surface area contributed by atoms with Crippen LogP contribution in [0, 0.1) is 6.92 Å². The van der Waals surface area contributed by atoms with Crippen LogP contribution in [0.3, 0.4) is 0 Å². The number of aromatic hydroxyl groups is 1. The van der Waals surface area contributed by atoms with Gasteiger partial charge in [-0.2, -0.15) is 0 Å². The average molecular weight is 274 g/mol. The summed E-state index contributed by atoms with van der Waals surface area (Å²) in [6.07, 6.45) is 1.81. The van der Waals surface area contributed by atoms with Gasteiger partial charge in [-0.15, -0.1) is 6.58 Å². The van der Waals surface area contributed by atoms with Crippen molar-refractivity contribution in [1.29, 1.82) is 0 Å². The van der Waals surface area contributed by atoms with Gasteiger partial charge in [-0.25, -0.2) is 0 Å². The Kier molecular flexibility index (Phi) is 3.14. The second-order valence-corrected chi connectivity index (χ2v) is 3.99. The third-order valence-electron chi connectivity index (χ3n) is 1.77. The molecule has 0 bridgehead atoms. The van der Waals surface area contributed by atoms with E-state index in [-0.39, 0.29) is 3.92 Å². The zero-order valence-electron chi connectivity index (χ0n) is 6.92. The molecule has 64 valence electrons. The van der Waals surface area contributed by atoms with Crippen LogP contribution >= 0.6 is 22.6 Å². The van der Waals surface area contributed by atoms with Crippen LogP contribution in [0.2, 0.25) is 0 Å². The van der Waals surface area contributed by atoms with Gasteiger partial charge < -0.3 is 5.11 Å². The van der Waals surface area contributed by atoms with Crippen LogP contribution in [-0.2, 0) is 0 Å². The van der Waals surface area contributed by atoms with Gasteiger partial charge in [-0.1, -0.05) is 46.9 Å². The Balaban J connectivity index is 3.15. The Bertz CT molecular complexity index is 294. The summed E-state index contributed by atoms with van der Waals surface area (Å²) >= 11 is 2.24. The summed E-state index contributed by atoms with van der Waals surface area (Å²) in [6.45, 7) is 5.58. The minimum absolute atomic E-state index is 0.183. The zero-order chi connectivity index (χ0) is 9.14. The third-order valence-corrected chi connectivity index (χ3v) is 2.95. The molecular weight excluding hydrogens is 263 g/mol. The maximum atomic E-state index is 9.65. The summed E-state index contributed by atoms with van der Waals surface area (Å²) in [7, 11) is 0. The summed E-state index contributed by atoms with van der Waals surface area (Å²) in [5.41, 5.74) is 1.85. The van der Waals surface area contributed by atoms with E-state index >= 15 is 0 Å². The van der Waals surface area contributed by atoms with E-state index < -0.39 is 0 Å². The Morgan fingerprint density at radius 1 is 1.58 bits per heavy atom. The van der Waals surface area contributed by atoms with Crippen molar-refractivity contribution in [2.45, 2.75) is 10.8 Å². The van der Waals surface area contributed by atoms with Crippen LogP contribution in [0.25, 0.3) is 0 Å². The first-order valence-electron chi connectivity index (χ1n) is 3.72. The predicted octanol–water partition coefficient (Wildman–Crippen LogP) is 3.36. The largest absolute Gasteiger partial charge is 0.507 e. The number of alkyl halides is 1. The third kappa shape index (κ3) is 1.80. The van der Waals surface area contributed by atoms with E-state index in [0.717, 1.165) is 11.1 Å². The number of hydrogen-bond donors (Lipinski definition) is 1. The number of allylic oxidation sites excluding steroid dienone is 1. The maximum absolute atomic E-state index is 9.65. The Labute approximate surface area is 86.3 Å². The summed E-state index contributed by atoms with van der Waals surface area (Å²) in [4.78, 5) is 0. The molecule has 0 spiro atoms. The lowest BCUT2D eigenvalue weighted by molar-refractivity contribution is 0.465. The molecule has 1 aromatic carbocycles. The van der Waals surface area contributed by atoms with E-state index in [4.69, 9.17) is 0 Å². The fourth-order valence-corrected chi connectivity index (χ4v) is 1.53. The number of benzene rings is 1. The smallest absolute Gasteiger partial charge is 0.123 e.